The molecule has 22 heavy (non-hydrogen) atoms. The summed E-state index contributed by atoms with van der Waals surface area (Å²) in [7, 11) is 0. The lowest BCUT2D eigenvalue weighted by molar-refractivity contribution is -0.138. The van der Waals surface area contributed by atoms with Crippen molar-refractivity contribution in [3.8, 4) is 0 Å². The molecule has 1 heterocycles. The van der Waals surface area contributed by atoms with E-state index in [0.29, 0.717) is 17.7 Å². The zero-order valence-corrected chi connectivity index (χ0v) is 11.7. The van der Waals surface area contributed by atoms with Gasteiger partial charge in [-0.2, -0.15) is 0 Å². The molecule has 0 saturated heterocycles. The minimum atomic E-state index is -1.03. The Morgan fingerprint density at radius 1 is 1.23 bits per heavy atom. The summed E-state index contributed by atoms with van der Waals surface area (Å²) < 4.78 is 13.5. The van der Waals surface area contributed by atoms with Gasteiger partial charge < -0.3 is 10.0 Å². The number of hydrogen-bond donors (Lipinski definition) is 1. The number of rotatable bonds is 4. The highest BCUT2D eigenvalue weighted by molar-refractivity contribution is 5.98. The first-order chi connectivity index (χ1) is 10.6. The molecule has 2 aromatic rings. The van der Waals surface area contributed by atoms with Gasteiger partial charge >= 0.3 is 5.97 Å². The molecule has 3 rings (SSSR count). The lowest BCUT2D eigenvalue weighted by Gasteiger charge is -2.27. The Labute approximate surface area is 126 Å². The number of carbonyl (C=O) groups is 2. The molecular weight excluding hydrogens is 285 g/mol. The highest BCUT2D eigenvalue weighted by Gasteiger charge is 2.34. The Hall–Kier alpha value is -2.69. The van der Waals surface area contributed by atoms with Gasteiger partial charge in [0, 0.05) is 12.1 Å². The van der Waals surface area contributed by atoms with Crippen LogP contribution in [-0.2, 0) is 11.3 Å². The van der Waals surface area contributed by atoms with E-state index < -0.39 is 17.8 Å². The molecule has 0 saturated carbocycles. The fourth-order valence-electron chi connectivity index (χ4n) is 2.82. The van der Waals surface area contributed by atoms with Gasteiger partial charge in [-0.25, -0.2) is 4.39 Å². The number of halogens is 1. The number of benzene rings is 2. The summed E-state index contributed by atoms with van der Waals surface area (Å²) in [6, 6.07) is 12.2. The van der Waals surface area contributed by atoms with Gasteiger partial charge in [-0.15, -0.1) is 0 Å². The molecule has 4 nitrogen and oxygen atoms in total. The van der Waals surface area contributed by atoms with E-state index in [0.717, 1.165) is 5.56 Å². The Morgan fingerprint density at radius 3 is 2.68 bits per heavy atom. The number of carboxylic acid groups (broad SMARTS) is 1. The van der Waals surface area contributed by atoms with Crippen LogP contribution in [0.3, 0.4) is 0 Å². The van der Waals surface area contributed by atoms with E-state index in [4.69, 9.17) is 5.11 Å². The number of amides is 1. The first-order valence-corrected chi connectivity index (χ1v) is 6.92. The largest absolute Gasteiger partial charge is 0.481 e. The van der Waals surface area contributed by atoms with Gasteiger partial charge in [0.15, 0.2) is 0 Å². The molecule has 112 valence electrons. The zero-order valence-electron chi connectivity index (χ0n) is 11.7. The maximum Gasteiger partial charge on any atom is 0.305 e. The van der Waals surface area contributed by atoms with Gasteiger partial charge in [-0.3, -0.25) is 9.59 Å². The molecule has 1 aliphatic rings. The van der Waals surface area contributed by atoms with Gasteiger partial charge in [-0.1, -0.05) is 30.3 Å². The molecule has 0 aromatic heterocycles. The van der Waals surface area contributed by atoms with Crippen LogP contribution in [0.5, 0.6) is 0 Å². The van der Waals surface area contributed by atoms with Crippen molar-refractivity contribution in [2.75, 3.05) is 0 Å². The van der Waals surface area contributed by atoms with Crippen LogP contribution in [0.25, 0.3) is 0 Å². The standard InChI is InChI=1S/C17H14FNO3/c18-13-6-3-5-11(8-13)15(9-16(20)21)19-10-12-4-1-2-7-14(12)17(19)22/h1-8,15H,9-10H2,(H,20,21)/t15-/m1/s1. The molecule has 1 amide bonds. The van der Waals surface area contributed by atoms with E-state index in [-0.39, 0.29) is 12.3 Å². The normalized spacial score (nSPS) is 14.8. The van der Waals surface area contributed by atoms with Crippen molar-refractivity contribution in [1.29, 1.82) is 0 Å². The van der Waals surface area contributed by atoms with Crippen LogP contribution in [0.15, 0.2) is 48.5 Å². The molecule has 0 spiro atoms. The molecule has 1 aliphatic heterocycles. The summed E-state index contributed by atoms with van der Waals surface area (Å²) in [4.78, 5) is 25.2. The predicted octanol–water partition coefficient (Wildman–Crippen LogP) is 3.00. The average molecular weight is 299 g/mol. The first-order valence-electron chi connectivity index (χ1n) is 6.92. The smallest absolute Gasteiger partial charge is 0.305 e. The van der Waals surface area contributed by atoms with E-state index in [1.165, 1.54) is 23.1 Å². The minimum Gasteiger partial charge on any atom is -0.481 e. The molecule has 1 atom stereocenters. The maximum absolute atomic E-state index is 13.5. The van der Waals surface area contributed by atoms with Gasteiger partial charge in [-0.05, 0) is 29.3 Å². The van der Waals surface area contributed by atoms with E-state index in [9.17, 15) is 14.0 Å². The molecule has 2 aromatic carbocycles. The summed E-state index contributed by atoms with van der Waals surface area (Å²) in [5.74, 6) is -1.69. The summed E-state index contributed by atoms with van der Waals surface area (Å²) in [5.41, 5.74) is 1.93. The minimum absolute atomic E-state index is 0.217. The number of carbonyl (C=O) groups excluding carboxylic acids is 1. The lowest BCUT2D eigenvalue weighted by Crippen LogP contribution is -2.31. The SMILES string of the molecule is O=C(O)C[C@H](c1cccc(F)c1)N1Cc2ccccc2C1=O. The van der Waals surface area contributed by atoms with Crippen molar-refractivity contribution >= 4 is 11.9 Å². The van der Waals surface area contributed by atoms with Crippen molar-refractivity contribution in [3.05, 3.63) is 71.0 Å². The number of nitrogens with zero attached hydrogens (tertiary/aromatic N) is 1. The van der Waals surface area contributed by atoms with Crippen molar-refractivity contribution < 1.29 is 19.1 Å². The van der Waals surface area contributed by atoms with E-state index in [2.05, 4.69) is 0 Å². The van der Waals surface area contributed by atoms with Gasteiger partial charge in [0.25, 0.3) is 5.91 Å². The van der Waals surface area contributed by atoms with Crippen LogP contribution >= 0.6 is 0 Å². The quantitative estimate of drug-likeness (QED) is 0.944. The Kier molecular flexibility index (Phi) is 3.63. The molecule has 0 radical (unpaired) electrons. The number of fused-ring (bicyclic) bond motifs is 1. The Morgan fingerprint density at radius 2 is 2.00 bits per heavy atom. The van der Waals surface area contributed by atoms with Crippen LogP contribution < -0.4 is 0 Å². The second kappa shape index (κ2) is 5.60. The molecule has 1 N–H and O–H groups in total. The highest BCUT2D eigenvalue weighted by atomic mass is 19.1. The Balaban J connectivity index is 1.98. The predicted molar refractivity (Wildman–Crippen MR) is 77.7 cm³/mol. The molecule has 0 unspecified atom stereocenters. The number of carboxylic acids is 1. The second-order valence-corrected chi connectivity index (χ2v) is 5.26. The van der Waals surface area contributed by atoms with E-state index >= 15 is 0 Å². The summed E-state index contributed by atoms with van der Waals surface area (Å²) in [6.07, 6.45) is -0.261. The molecule has 0 fully saturated rings. The van der Waals surface area contributed by atoms with E-state index in [1.54, 1.807) is 18.2 Å². The number of aliphatic carboxylic acids is 1. The average Bonchev–Trinajstić information content (AvgIpc) is 2.82. The van der Waals surface area contributed by atoms with Crippen LogP contribution in [0, 0.1) is 5.82 Å². The second-order valence-electron chi connectivity index (χ2n) is 5.26. The van der Waals surface area contributed by atoms with Crippen molar-refractivity contribution in [1.82, 2.24) is 4.90 Å². The maximum atomic E-state index is 13.5. The van der Waals surface area contributed by atoms with Crippen molar-refractivity contribution in [2.45, 2.75) is 19.0 Å². The van der Waals surface area contributed by atoms with Gasteiger partial charge in [0.2, 0.25) is 0 Å². The molecule has 0 bridgehead atoms. The van der Waals surface area contributed by atoms with Crippen molar-refractivity contribution in [2.24, 2.45) is 0 Å². The third-order valence-electron chi connectivity index (χ3n) is 3.83. The highest BCUT2D eigenvalue weighted by Crippen LogP contribution is 2.33. The lowest BCUT2D eigenvalue weighted by atomic mass is 10.0. The zero-order chi connectivity index (χ0) is 15.7. The van der Waals surface area contributed by atoms with Crippen LogP contribution in [0.4, 0.5) is 4.39 Å². The monoisotopic (exact) mass is 299 g/mol. The summed E-state index contributed by atoms with van der Waals surface area (Å²) in [5, 5.41) is 9.15. The Bertz CT molecular complexity index is 744. The van der Waals surface area contributed by atoms with Crippen molar-refractivity contribution in [3.63, 3.8) is 0 Å². The fraction of sp³-hybridized carbons (Fsp3) is 0.176. The van der Waals surface area contributed by atoms with Crippen LogP contribution in [0.1, 0.15) is 33.9 Å². The fourth-order valence-corrected chi connectivity index (χ4v) is 2.82. The van der Waals surface area contributed by atoms with E-state index in [1.807, 2.05) is 12.1 Å². The third-order valence-corrected chi connectivity index (χ3v) is 3.83. The van der Waals surface area contributed by atoms with Gasteiger partial charge in [0.1, 0.15) is 5.82 Å². The number of hydrogen-bond acceptors (Lipinski definition) is 2. The topological polar surface area (TPSA) is 57.6 Å². The van der Waals surface area contributed by atoms with Gasteiger partial charge in [0.05, 0.1) is 12.5 Å². The summed E-state index contributed by atoms with van der Waals surface area (Å²) >= 11 is 0. The first kappa shape index (κ1) is 14.3. The summed E-state index contributed by atoms with van der Waals surface area (Å²) in [6.45, 7) is 0.337. The third kappa shape index (κ3) is 2.57. The van der Waals surface area contributed by atoms with Crippen LogP contribution in [-0.4, -0.2) is 21.9 Å². The molecule has 0 aliphatic carbocycles. The van der Waals surface area contributed by atoms with Crippen LogP contribution in [0.2, 0.25) is 0 Å². The molecular formula is C17H14FNO3. The molecule has 5 heteroatoms.